The molecular weight excluding hydrogens is 170 g/mol. The monoisotopic (exact) mass is 181 g/mol. The molecule has 1 aliphatic carbocycles. The molecule has 0 unspecified atom stereocenters. The lowest BCUT2D eigenvalue weighted by atomic mass is 9.96. The van der Waals surface area contributed by atoms with Crippen LogP contribution < -0.4 is 5.73 Å². The van der Waals surface area contributed by atoms with Crippen molar-refractivity contribution in [2.75, 3.05) is 6.54 Å². The number of nitrogens with two attached hydrogens (primary N) is 1. The predicted octanol–water partition coefficient (Wildman–Crippen LogP) is 2.33. The highest BCUT2D eigenvalue weighted by Gasteiger charge is 2.43. The zero-order valence-electron chi connectivity index (χ0n) is 6.89. The second-order valence-electron chi connectivity index (χ2n) is 3.46. The van der Waals surface area contributed by atoms with Crippen molar-refractivity contribution in [3.8, 4) is 0 Å². The second kappa shape index (κ2) is 2.75. The number of hydrogen-bond acceptors (Lipinski definition) is 1. The van der Waals surface area contributed by atoms with Crippen LogP contribution in [0.15, 0.2) is 24.3 Å². The molecule has 1 aliphatic rings. The van der Waals surface area contributed by atoms with Gasteiger partial charge in [-0.1, -0.05) is 29.8 Å². The molecule has 64 valence electrons. The standard InChI is InChI=1S/C10H12ClN/c11-9-4-2-1-3-8(9)10(7-12)5-6-10/h1-4H,5-7,12H2. The Morgan fingerprint density at radius 2 is 2.00 bits per heavy atom. The van der Waals surface area contributed by atoms with E-state index in [1.807, 2.05) is 18.2 Å². The van der Waals surface area contributed by atoms with Gasteiger partial charge in [-0.2, -0.15) is 0 Å². The molecule has 0 atom stereocenters. The Kier molecular flexibility index (Phi) is 1.85. The Morgan fingerprint density at radius 1 is 1.33 bits per heavy atom. The third kappa shape index (κ3) is 1.13. The van der Waals surface area contributed by atoms with E-state index in [1.165, 1.54) is 18.4 Å². The molecule has 0 aliphatic heterocycles. The minimum absolute atomic E-state index is 0.221. The summed E-state index contributed by atoms with van der Waals surface area (Å²) in [6.45, 7) is 0.719. The molecule has 2 N–H and O–H groups in total. The highest BCUT2D eigenvalue weighted by atomic mass is 35.5. The molecule has 1 nitrogen and oxygen atoms in total. The maximum atomic E-state index is 6.07. The van der Waals surface area contributed by atoms with Crippen LogP contribution >= 0.6 is 11.6 Å². The van der Waals surface area contributed by atoms with Crippen molar-refractivity contribution >= 4 is 11.6 Å². The number of hydrogen-bond donors (Lipinski definition) is 1. The summed E-state index contributed by atoms with van der Waals surface area (Å²) in [7, 11) is 0. The minimum Gasteiger partial charge on any atom is -0.330 e. The zero-order chi connectivity index (χ0) is 8.60. The van der Waals surface area contributed by atoms with Crippen molar-refractivity contribution < 1.29 is 0 Å². The number of halogens is 1. The summed E-state index contributed by atoms with van der Waals surface area (Å²) in [5.74, 6) is 0. The lowest BCUT2D eigenvalue weighted by molar-refractivity contribution is 0.705. The van der Waals surface area contributed by atoms with Crippen molar-refractivity contribution in [3.63, 3.8) is 0 Å². The van der Waals surface area contributed by atoms with Crippen LogP contribution in [0.5, 0.6) is 0 Å². The summed E-state index contributed by atoms with van der Waals surface area (Å²) < 4.78 is 0. The summed E-state index contributed by atoms with van der Waals surface area (Å²) >= 11 is 6.07. The smallest absolute Gasteiger partial charge is 0.0444 e. The molecule has 0 bridgehead atoms. The predicted molar refractivity (Wildman–Crippen MR) is 51.4 cm³/mol. The van der Waals surface area contributed by atoms with Crippen molar-refractivity contribution in [2.45, 2.75) is 18.3 Å². The lowest BCUT2D eigenvalue weighted by Crippen LogP contribution is -2.19. The SMILES string of the molecule is NCC1(c2ccccc2Cl)CC1. The largest absolute Gasteiger partial charge is 0.330 e. The summed E-state index contributed by atoms with van der Waals surface area (Å²) in [5, 5.41) is 0.862. The van der Waals surface area contributed by atoms with E-state index in [9.17, 15) is 0 Å². The van der Waals surface area contributed by atoms with Gasteiger partial charge in [-0.15, -0.1) is 0 Å². The van der Waals surface area contributed by atoms with Crippen LogP contribution in [0, 0.1) is 0 Å². The van der Waals surface area contributed by atoms with Crippen LogP contribution in [-0.2, 0) is 5.41 Å². The van der Waals surface area contributed by atoms with Gasteiger partial charge in [-0.05, 0) is 24.5 Å². The molecule has 2 heteroatoms. The molecule has 0 spiro atoms. The van der Waals surface area contributed by atoms with Gasteiger partial charge in [0.15, 0.2) is 0 Å². The van der Waals surface area contributed by atoms with E-state index in [1.54, 1.807) is 0 Å². The van der Waals surface area contributed by atoms with Gasteiger partial charge in [0.2, 0.25) is 0 Å². The van der Waals surface area contributed by atoms with E-state index in [4.69, 9.17) is 17.3 Å². The average molecular weight is 182 g/mol. The first-order chi connectivity index (χ1) is 5.78. The van der Waals surface area contributed by atoms with Crippen molar-refractivity contribution in [3.05, 3.63) is 34.9 Å². The molecule has 1 aromatic carbocycles. The Balaban J connectivity index is 2.40. The Labute approximate surface area is 77.5 Å². The Hall–Kier alpha value is -0.530. The first kappa shape index (κ1) is 8.09. The fourth-order valence-corrected chi connectivity index (χ4v) is 1.96. The normalized spacial score (nSPS) is 19.2. The third-order valence-electron chi connectivity index (χ3n) is 2.69. The highest BCUT2D eigenvalue weighted by molar-refractivity contribution is 6.31. The van der Waals surface area contributed by atoms with Crippen molar-refractivity contribution in [2.24, 2.45) is 5.73 Å². The molecule has 0 radical (unpaired) electrons. The van der Waals surface area contributed by atoms with E-state index in [-0.39, 0.29) is 5.41 Å². The molecule has 0 aromatic heterocycles. The quantitative estimate of drug-likeness (QED) is 0.745. The molecule has 12 heavy (non-hydrogen) atoms. The van der Waals surface area contributed by atoms with Gasteiger partial charge in [0.25, 0.3) is 0 Å². The van der Waals surface area contributed by atoms with E-state index in [0.717, 1.165) is 11.6 Å². The molecule has 2 rings (SSSR count). The van der Waals surface area contributed by atoms with Crippen LogP contribution in [0.2, 0.25) is 5.02 Å². The summed E-state index contributed by atoms with van der Waals surface area (Å²) in [5.41, 5.74) is 7.16. The topological polar surface area (TPSA) is 26.0 Å². The van der Waals surface area contributed by atoms with Crippen molar-refractivity contribution in [1.82, 2.24) is 0 Å². The fraction of sp³-hybridized carbons (Fsp3) is 0.400. The first-order valence-corrected chi connectivity index (χ1v) is 4.61. The van der Waals surface area contributed by atoms with Crippen molar-refractivity contribution in [1.29, 1.82) is 0 Å². The van der Waals surface area contributed by atoms with Crippen LogP contribution in [0.3, 0.4) is 0 Å². The molecule has 0 heterocycles. The van der Waals surface area contributed by atoms with Gasteiger partial charge in [-0.3, -0.25) is 0 Å². The molecular formula is C10H12ClN. The summed E-state index contributed by atoms with van der Waals surface area (Å²) in [6, 6.07) is 8.00. The molecule has 0 amide bonds. The maximum Gasteiger partial charge on any atom is 0.0444 e. The van der Waals surface area contributed by atoms with Crippen LogP contribution in [-0.4, -0.2) is 6.54 Å². The van der Waals surface area contributed by atoms with E-state index < -0.39 is 0 Å². The molecule has 0 saturated heterocycles. The van der Waals surface area contributed by atoms with Crippen LogP contribution in [0.25, 0.3) is 0 Å². The van der Waals surface area contributed by atoms with Gasteiger partial charge in [0.05, 0.1) is 0 Å². The minimum atomic E-state index is 0.221. The fourth-order valence-electron chi connectivity index (χ4n) is 1.63. The van der Waals surface area contributed by atoms with Crippen LogP contribution in [0.4, 0.5) is 0 Å². The van der Waals surface area contributed by atoms with Gasteiger partial charge >= 0.3 is 0 Å². The number of rotatable bonds is 2. The highest BCUT2D eigenvalue weighted by Crippen LogP contribution is 2.49. The van der Waals surface area contributed by atoms with Gasteiger partial charge < -0.3 is 5.73 Å². The van der Waals surface area contributed by atoms with Gasteiger partial charge in [-0.25, -0.2) is 0 Å². The molecule has 1 saturated carbocycles. The van der Waals surface area contributed by atoms with Crippen LogP contribution in [0.1, 0.15) is 18.4 Å². The zero-order valence-corrected chi connectivity index (χ0v) is 7.64. The van der Waals surface area contributed by atoms with E-state index in [0.29, 0.717) is 0 Å². The lowest BCUT2D eigenvalue weighted by Gasteiger charge is -2.13. The average Bonchev–Trinajstić information content (AvgIpc) is 2.86. The van der Waals surface area contributed by atoms with E-state index >= 15 is 0 Å². The second-order valence-corrected chi connectivity index (χ2v) is 3.87. The van der Waals surface area contributed by atoms with Gasteiger partial charge in [0.1, 0.15) is 0 Å². The van der Waals surface area contributed by atoms with Gasteiger partial charge in [0, 0.05) is 17.0 Å². The Bertz CT molecular complexity index is 292. The molecule has 1 fully saturated rings. The number of benzene rings is 1. The summed E-state index contributed by atoms with van der Waals surface area (Å²) in [4.78, 5) is 0. The molecule has 1 aromatic rings. The Morgan fingerprint density at radius 3 is 2.50 bits per heavy atom. The maximum absolute atomic E-state index is 6.07. The first-order valence-electron chi connectivity index (χ1n) is 4.24. The summed E-state index contributed by atoms with van der Waals surface area (Å²) in [6.07, 6.45) is 2.38. The van der Waals surface area contributed by atoms with E-state index in [2.05, 4.69) is 6.07 Å². The third-order valence-corrected chi connectivity index (χ3v) is 3.02.